The third-order valence-corrected chi connectivity index (χ3v) is 2.33. The number of benzene rings is 1. The maximum absolute atomic E-state index is 12.8. The minimum atomic E-state index is -0.280. The molecule has 0 radical (unpaired) electrons. The molecular formula is C9H6BrFN2. The molecule has 0 unspecified atom stereocenters. The van der Waals surface area contributed by atoms with Crippen LogP contribution in [0.3, 0.4) is 0 Å². The summed E-state index contributed by atoms with van der Waals surface area (Å²) in [6, 6.07) is 4.45. The lowest BCUT2D eigenvalue weighted by Crippen LogP contribution is -1.90. The second-order valence-corrected chi connectivity index (χ2v) is 3.47. The lowest BCUT2D eigenvalue weighted by molar-refractivity contribution is 0.629. The Labute approximate surface area is 83.0 Å². The molecular weight excluding hydrogens is 235 g/mol. The van der Waals surface area contributed by atoms with Crippen molar-refractivity contribution in [1.29, 1.82) is 0 Å². The highest BCUT2D eigenvalue weighted by atomic mass is 79.9. The molecule has 0 saturated carbocycles. The molecule has 0 amide bonds. The highest BCUT2D eigenvalue weighted by Gasteiger charge is 2.03. The summed E-state index contributed by atoms with van der Waals surface area (Å²) < 4.78 is 13.5. The van der Waals surface area contributed by atoms with Crippen LogP contribution in [0.4, 0.5) is 4.39 Å². The van der Waals surface area contributed by atoms with Crippen LogP contribution in [0.15, 0.2) is 22.8 Å². The second-order valence-electron chi connectivity index (χ2n) is 2.72. The summed E-state index contributed by atoms with van der Waals surface area (Å²) in [6.07, 6.45) is 0. The minimum absolute atomic E-state index is 0.280. The summed E-state index contributed by atoms with van der Waals surface area (Å²) in [4.78, 5) is 8.23. The fourth-order valence-corrected chi connectivity index (χ4v) is 1.77. The first-order chi connectivity index (χ1) is 6.16. The van der Waals surface area contributed by atoms with E-state index < -0.39 is 0 Å². The van der Waals surface area contributed by atoms with Crippen molar-refractivity contribution in [2.45, 2.75) is 6.92 Å². The van der Waals surface area contributed by atoms with E-state index >= 15 is 0 Å². The average molecular weight is 241 g/mol. The molecule has 0 atom stereocenters. The van der Waals surface area contributed by atoms with E-state index in [0.29, 0.717) is 15.9 Å². The van der Waals surface area contributed by atoms with Gasteiger partial charge in [-0.3, -0.25) is 0 Å². The molecule has 2 rings (SSSR count). The molecule has 2 nitrogen and oxygen atoms in total. The van der Waals surface area contributed by atoms with Crippen LogP contribution in [0.1, 0.15) is 5.82 Å². The Morgan fingerprint density at radius 1 is 1.31 bits per heavy atom. The Morgan fingerprint density at radius 3 is 2.85 bits per heavy atom. The number of nitrogens with zero attached hydrogens (tertiary/aromatic N) is 2. The summed E-state index contributed by atoms with van der Waals surface area (Å²) in [5.74, 6) is 0.350. The molecule has 1 aromatic heterocycles. The van der Waals surface area contributed by atoms with Gasteiger partial charge in [0.05, 0.1) is 5.52 Å². The Kier molecular flexibility index (Phi) is 2.00. The van der Waals surface area contributed by atoms with Gasteiger partial charge in [-0.15, -0.1) is 0 Å². The third kappa shape index (κ3) is 1.54. The van der Waals surface area contributed by atoms with Crippen molar-refractivity contribution in [2.24, 2.45) is 0 Å². The molecule has 1 heterocycles. The van der Waals surface area contributed by atoms with Crippen molar-refractivity contribution >= 4 is 26.8 Å². The number of aryl methyl sites for hydroxylation is 1. The number of fused-ring (bicyclic) bond motifs is 1. The van der Waals surface area contributed by atoms with Gasteiger partial charge in [-0.2, -0.15) is 0 Å². The van der Waals surface area contributed by atoms with Crippen LogP contribution in [-0.2, 0) is 0 Å². The van der Waals surface area contributed by atoms with E-state index in [1.54, 1.807) is 13.0 Å². The topological polar surface area (TPSA) is 25.8 Å². The van der Waals surface area contributed by atoms with Crippen LogP contribution in [-0.4, -0.2) is 9.97 Å². The maximum atomic E-state index is 12.8. The molecule has 0 aliphatic carbocycles. The monoisotopic (exact) mass is 240 g/mol. The fraction of sp³-hybridized carbons (Fsp3) is 0.111. The van der Waals surface area contributed by atoms with Crippen molar-refractivity contribution in [1.82, 2.24) is 9.97 Å². The molecule has 0 bridgehead atoms. The van der Waals surface area contributed by atoms with E-state index in [-0.39, 0.29) is 5.82 Å². The van der Waals surface area contributed by atoms with E-state index in [0.717, 1.165) is 5.39 Å². The van der Waals surface area contributed by atoms with Crippen LogP contribution in [0.5, 0.6) is 0 Å². The first-order valence-electron chi connectivity index (χ1n) is 3.76. The number of hydrogen-bond acceptors (Lipinski definition) is 2. The van der Waals surface area contributed by atoms with Gasteiger partial charge < -0.3 is 0 Å². The van der Waals surface area contributed by atoms with E-state index in [1.807, 2.05) is 0 Å². The van der Waals surface area contributed by atoms with Crippen molar-refractivity contribution in [2.75, 3.05) is 0 Å². The quantitative estimate of drug-likeness (QED) is 0.662. The first-order valence-corrected chi connectivity index (χ1v) is 4.55. The van der Waals surface area contributed by atoms with Crippen LogP contribution >= 0.6 is 15.9 Å². The third-order valence-electron chi connectivity index (χ3n) is 1.72. The van der Waals surface area contributed by atoms with Crippen LogP contribution < -0.4 is 0 Å². The number of aromatic nitrogens is 2. The van der Waals surface area contributed by atoms with Gasteiger partial charge in [0.25, 0.3) is 0 Å². The zero-order valence-electron chi connectivity index (χ0n) is 6.88. The Balaban J connectivity index is 2.86. The highest BCUT2D eigenvalue weighted by molar-refractivity contribution is 9.10. The molecule has 0 N–H and O–H groups in total. The van der Waals surface area contributed by atoms with Crippen molar-refractivity contribution in [3.8, 4) is 0 Å². The smallest absolute Gasteiger partial charge is 0.127 e. The van der Waals surface area contributed by atoms with Crippen LogP contribution in [0, 0.1) is 12.7 Å². The maximum Gasteiger partial charge on any atom is 0.127 e. The van der Waals surface area contributed by atoms with E-state index in [2.05, 4.69) is 25.9 Å². The van der Waals surface area contributed by atoms with Crippen molar-refractivity contribution in [3.63, 3.8) is 0 Å². The number of hydrogen-bond donors (Lipinski definition) is 0. The molecule has 1 aromatic carbocycles. The predicted molar refractivity (Wildman–Crippen MR) is 51.9 cm³/mol. The average Bonchev–Trinajstić information content (AvgIpc) is 2.02. The second kappa shape index (κ2) is 3.03. The lowest BCUT2D eigenvalue weighted by Gasteiger charge is -2.00. The lowest BCUT2D eigenvalue weighted by atomic mass is 10.2. The molecule has 2 aromatic rings. The first kappa shape index (κ1) is 8.56. The largest absolute Gasteiger partial charge is 0.233 e. The molecule has 13 heavy (non-hydrogen) atoms. The van der Waals surface area contributed by atoms with Gasteiger partial charge >= 0.3 is 0 Å². The summed E-state index contributed by atoms with van der Waals surface area (Å²) in [7, 11) is 0. The standard InChI is InChI=1S/C9H6BrFN2/c1-5-12-8-4-6(11)2-3-7(8)9(10)13-5/h2-4H,1H3. The van der Waals surface area contributed by atoms with E-state index in [9.17, 15) is 4.39 Å². The summed E-state index contributed by atoms with van der Waals surface area (Å²) >= 11 is 3.30. The van der Waals surface area contributed by atoms with Gasteiger partial charge in [0.15, 0.2) is 0 Å². The van der Waals surface area contributed by atoms with Crippen LogP contribution in [0.25, 0.3) is 10.9 Å². The van der Waals surface area contributed by atoms with Gasteiger partial charge in [0.2, 0.25) is 0 Å². The van der Waals surface area contributed by atoms with E-state index in [4.69, 9.17) is 0 Å². The molecule has 0 spiro atoms. The fourth-order valence-electron chi connectivity index (χ4n) is 1.17. The highest BCUT2D eigenvalue weighted by Crippen LogP contribution is 2.21. The molecule has 0 fully saturated rings. The number of halogens is 2. The number of rotatable bonds is 0. The summed E-state index contributed by atoms with van der Waals surface area (Å²) in [5, 5.41) is 0.826. The SMILES string of the molecule is Cc1nc(Br)c2ccc(F)cc2n1. The Hall–Kier alpha value is -1.03. The normalized spacial score (nSPS) is 10.7. The zero-order chi connectivity index (χ0) is 9.42. The minimum Gasteiger partial charge on any atom is -0.233 e. The molecule has 66 valence electrons. The van der Waals surface area contributed by atoms with Crippen molar-refractivity contribution < 1.29 is 4.39 Å². The van der Waals surface area contributed by atoms with Gasteiger partial charge in [-0.05, 0) is 35.0 Å². The van der Waals surface area contributed by atoms with Gasteiger partial charge in [0, 0.05) is 11.5 Å². The summed E-state index contributed by atoms with van der Waals surface area (Å²) in [5.41, 5.74) is 0.624. The molecule has 0 saturated heterocycles. The zero-order valence-corrected chi connectivity index (χ0v) is 8.47. The van der Waals surface area contributed by atoms with Gasteiger partial charge in [-0.1, -0.05) is 0 Å². The van der Waals surface area contributed by atoms with Gasteiger partial charge in [0.1, 0.15) is 16.2 Å². The Morgan fingerprint density at radius 2 is 2.08 bits per heavy atom. The van der Waals surface area contributed by atoms with Gasteiger partial charge in [-0.25, -0.2) is 14.4 Å². The van der Waals surface area contributed by atoms with Crippen LogP contribution in [0.2, 0.25) is 0 Å². The Bertz CT molecular complexity index is 465. The molecule has 4 heteroatoms. The predicted octanol–water partition coefficient (Wildman–Crippen LogP) is 2.84. The van der Waals surface area contributed by atoms with Crippen molar-refractivity contribution in [3.05, 3.63) is 34.4 Å². The molecule has 0 aliphatic heterocycles. The molecule has 0 aliphatic rings. The summed E-state index contributed by atoms with van der Waals surface area (Å²) in [6.45, 7) is 1.77. The van der Waals surface area contributed by atoms with E-state index in [1.165, 1.54) is 12.1 Å².